The lowest BCUT2D eigenvalue weighted by molar-refractivity contribution is -0.0486. The molecule has 2 fully saturated rings. The molecule has 0 unspecified atom stereocenters. The number of nitrogens with zero attached hydrogens (tertiary/aromatic N) is 5. The monoisotopic (exact) mass is 474 g/mol. The number of benzene rings is 2. The first-order chi connectivity index (χ1) is 17.1. The van der Waals surface area contributed by atoms with Crippen molar-refractivity contribution in [2.75, 3.05) is 25.0 Å². The van der Waals surface area contributed by atoms with Gasteiger partial charge in [0.05, 0.1) is 19.0 Å². The molecule has 0 bridgehead atoms. The summed E-state index contributed by atoms with van der Waals surface area (Å²) < 4.78 is 7.43. The molecule has 4 atom stereocenters. The van der Waals surface area contributed by atoms with Crippen LogP contribution in [0.1, 0.15) is 29.4 Å². The van der Waals surface area contributed by atoms with Crippen molar-refractivity contribution < 1.29 is 19.7 Å². The largest absolute Gasteiger partial charge is 0.394 e. The van der Waals surface area contributed by atoms with Crippen molar-refractivity contribution in [3.8, 4) is 0 Å². The third kappa shape index (κ3) is 3.89. The maximum absolute atomic E-state index is 13.3. The number of hydrogen-bond acceptors (Lipinski definition) is 8. The van der Waals surface area contributed by atoms with E-state index in [9.17, 15) is 15.0 Å². The second-order valence-corrected chi connectivity index (χ2v) is 9.09. The maximum atomic E-state index is 13.3. The van der Waals surface area contributed by atoms with Crippen molar-refractivity contribution in [3.05, 3.63) is 60.7 Å². The van der Waals surface area contributed by atoms with Gasteiger partial charge in [0.15, 0.2) is 23.2 Å². The van der Waals surface area contributed by atoms with E-state index in [1.807, 2.05) is 47.4 Å². The molecule has 35 heavy (non-hydrogen) atoms. The van der Waals surface area contributed by atoms with E-state index in [1.165, 1.54) is 6.33 Å². The van der Waals surface area contributed by atoms with Gasteiger partial charge in [-0.05, 0) is 23.3 Å². The van der Waals surface area contributed by atoms with Crippen molar-refractivity contribution in [1.29, 1.82) is 0 Å². The number of rotatable bonds is 5. The summed E-state index contributed by atoms with van der Waals surface area (Å²) in [6, 6.07) is 13.8. The minimum absolute atomic E-state index is 0.0178. The number of hydrogen-bond donors (Lipinski definition) is 3. The van der Waals surface area contributed by atoms with Crippen molar-refractivity contribution in [2.45, 2.75) is 37.3 Å². The number of carbonyl (C=O) groups excluding carboxylic acids is 1. The zero-order valence-corrected chi connectivity index (χ0v) is 19.0. The van der Waals surface area contributed by atoms with Crippen LogP contribution in [0.4, 0.5) is 5.82 Å². The van der Waals surface area contributed by atoms with Crippen LogP contribution in [-0.2, 0) is 4.74 Å². The first kappa shape index (κ1) is 21.9. The number of fused-ring (bicyclic) bond motifs is 2. The number of aliphatic hydroxyl groups is 2. The van der Waals surface area contributed by atoms with Crippen LogP contribution >= 0.6 is 0 Å². The fourth-order valence-corrected chi connectivity index (χ4v) is 5.08. The standard InChI is InChI=1S/C25H26N6O4/c32-12-17-10-20(33)25(35-17)31-14-28-21-22(26-13-27-23(21)31)29-16-8-9-30(11-16)24(34)19-7-3-5-15-4-1-2-6-18(15)19/h1-7,13-14,16-17,20,25,32-33H,8-12H2,(H,26,27,29)/t16-,17+,20-,25-/m1/s1. The van der Waals surface area contributed by atoms with E-state index in [0.29, 0.717) is 42.1 Å². The van der Waals surface area contributed by atoms with Gasteiger partial charge in [-0.1, -0.05) is 36.4 Å². The molecule has 10 heteroatoms. The van der Waals surface area contributed by atoms with Crippen LogP contribution in [-0.4, -0.2) is 78.5 Å². The Bertz CT molecular complexity index is 1390. The SMILES string of the molecule is O=C(c1cccc2ccccc12)N1CC[C@@H](Nc2ncnc3c2ncn3[C@@H]2O[C@H](CO)C[C@H]2O)C1. The number of imidazole rings is 1. The average molecular weight is 475 g/mol. The summed E-state index contributed by atoms with van der Waals surface area (Å²) in [6.07, 6.45) is 2.30. The van der Waals surface area contributed by atoms with E-state index in [2.05, 4.69) is 20.3 Å². The van der Waals surface area contributed by atoms with Gasteiger partial charge < -0.3 is 25.2 Å². The van der Waals surface area contributed by atoms with E-state index >= 15 is 0 Å². The van der Waals surface area contributed by atoms with E-state index in [1.54, 1.807) is 10.9 Å². The van der Waals surface area contributed by atoms with E-state index < -0.39 is 18.4 Å². The number of nitrogens with one attached hydrogen (secondary N) is 1. The minimum Gasteiger partial charge on any atom is -0.394 e. The minimum atomic E-state index is -0.764. The Morgan fingerprint density at radius 2 is 2.00 bits per heavy atom. The summed E-state index contributed by atoms with van der Waals surface area (Å²) >= 11 is 0. The summed E-state index contributed by atoms with van der Waals surface area (Å²) in [4.78, 5) is 28.4. The molecule has 6 rings (SSSR count). The highest BCUT2D eigenvalue weighted by Gasteiger charge is 2.36. The fourth-order valence-electron chi connectivity index (χ4n) is 5.08. The smallest absolute Gasteiger partial charge is 0.254 e. The zero-order valence-electron chi connectivity index (χ0n) is 19.0. The molecule has 2 aromatic carbocycles. The number of aliphatic hydroxyl groups excluding tert-OH is 2. The highest BCUT2D eigenvalue weighted by atomic mass is 16.5. The molecule has 0 aliphatic carbocycles. The molecule has 4 aromatic rings. The lowest BCUT2D eigenvalue weighted by Gasteiger charge is -2.19. The normalized spacial score (nSPS) is 24.5. The van der Waals surface area contributed by atoms with Crippen LogP contribution in [0.25, 0.3) is 21.9 Å². The summed E-state index contributed by atoms with van der Waals surface area (Å²) in [5.41, 5.74) is 1.81. The molecule has 2 aliphatic heterocycles. The van der Waals surface area contributed by atoms with Gasteiger partial charge in [-0.25, -0.2) is 15.0 Å². The van der Waals surface area contributed by atoms with Crippen LogP contribution < -0.4 is 5.32 Å². The van der Waals surface area contributed by atoms with E-state index in [0.717, 1.165) is 17.2 Å². The number of ether oxygens (including phenoxy) is 1. The van der Waals surface area contributed by atoms with Gasteiger partial charge in [-0.15, -0.1) is 0 Å². The molecule has 4 heterocycles. The Labute approximate surface area is 201 Å². The topological polar surface area (TPSA) is 126 Å². The molecule has 10 nitrogen and oxygen atoms in total. The van der Waals surface area contributed by atoms with Gasteiger partial charge in [0.25, 0.3) is 5.91 Å². The first-order valence-corrected chi connectivity index (χ1v) is 11.8. The third-order valence-corrected chi connectivity index (χ3v) is 6.84. The lowest BCUT2D eigenvalue weighted by Crippen LogP contribution is -2.31. The van der Waals surface area contributed by atoms with Gasteiger partial charge in [0, 0.05) is 31.1 Å². The molecule has 0 saturated carbocycles. The molecular formula is C25H26N6O4. The quantitative estimate of drug-likeness (QED) is 0.401. The molecule has 1 amide bonds. The predicted molar refractivity (Wildman–Crippen MR) is 129 cm³/mol. The number of aromatic nitrogens is 4. The van der Waals surface area contributed by atoms with Crippen LogP contribution in [0, 0.1) is 0 Å². The third-order valence-electron chi connectivity index (χ3n) is 6.84. The first-order valence-electron chi connectivity index (χ1n) is 11.8. The second-order valence-electron chi connectivity index (χ2n) is 9.09. The molecule has 2 aliphatic rings. The van der Waals surface area contributed by atoms with Gasteiger partial charge in [0.1, 0.15) is 12.4 Å². The van der Waals surface area contributed by atoms with E-state index in [-0.39, 0.29) is 18.6 Å². The van der Waals surface area contributed by atoms with Crippen LogP contribution in [0.3, 0.4) is 0 Å². The highest BCUT2D eigenvalue weighted by Crippen LogP contribution is 2.32. The van der Waals surface area contributed by atoms with Crippen LogP contribution in [0.15, 0.2) is 55.1 Å². The molecule has 2 aromatic heterocycles. The summed E-state index contributed by atoms with van der Waals surface area (Å²) in [6.45, 7) is 1.04. The van der Waals surface area contributed by atoms with Gasteiger partial charge in [-0.3, -0.25) is 9.36 Å². The van der Waals surface area contributed by atoms with Crippen molar-refractivity contribution in [3.63, 3.8) is 0 Å². The maximum Gasteiger partial charge on any atom is 0.254 e. The number of amides is 1. The average Bonchev–Trinajstić information content (AvgIpc) is 3.62. The molecular weight excluding hydrogens is 448 g/mol. The van der Waals surface area contributed by atoms with Gasteiger partial charge >= 0.3 is 0 Å². The highest BCUT2D eigenvalue weighted by molar-refractivity contribution is 6.07. The molecule has 2 saturated heterocycles. The molecule has 3 N–H and O–H groups in total. The Hall–Kier alpha value is -3.60. The molecule has 0 spiro atoms. The molecule has 0 radical (unpaired) electrons. The summed E-state index contributed by atoms with van der Waals surface area (Å²) in [7, 11) is 0. The Kier molecular flexibility index (Phi) is 5.56. The van der Waals surface area contributed by atoms with Crippen LogP contribution in [0.2, 0.25) is 0 Å². The van der Waals surface area contributed by atoms with Gasteiger partial charge in [0.2, 0.25) is 0 Å². The number of carbonyl (C=O) groups is 1. The fraction of sp³-hybridized carbons (Fsp3) is 0.360. The van der Waals surface area contributed by atoms with Crippen molar-refractivity contribution in [1.82, 2.24) is 24.4 Å². The Balaban J connectivity index is 1.20. The summed E-state index contributed by atoms with van der Waals surface area (Å²) in [5, 5.41) is 25.2. The second kappa shape index (κ2) is 8.88. The van der Waals surface area contributed by atoms with Crippen LogP contribution in [0.5, 0.6) is 0 Å². The Morgan fingerprint density at radius 3 is 2.86 bits per heavy atom. The van der Waals surface area contributed by atoms with E-state index in [4.69, 9.17) is 4.74 Å². The number of anilines is 1. The lowest BCUT2D eigenvalue weighted by atomic mass is 10.0. The molecule has 180 valence electrons. The summed E-state index contributed by atoms with van der Waals surface area (Å²) in [5.74, 6) is 0.596. The predicted octanol–water partition coefficient (Wildman–Crippen LogP) is 1.95. The number of likely N-dealkylation sites (tertiary alicyclic amines) is 1. The zero-order chi connectivity index (χ0) is 23.9. The Morgan fingerprint density at radius 1 is 1.14 bits per heavy atom. The van der Waals surface area contributed by atoms with Gasteiger partial charge in [-0.2, -0.15) is 0 Å². The van der Waals surface area contributed by atoms with Crippen molar-refractivity contribution in [2.24, 2.45) is 0 Å². The van der Waals surface area contributed by atoms with Crippen molar-refractivity contribution >= 4 is 33.7 Å².